The summed E-state index contributed by atoms with van der Waals surface area (Å²) >= 11 is 0. The molecule has 3 aromatic rings. The average molecular weight is 250 g/mol. The molecule has 2 aromatic heterocycles. The number of benzene rings is 1. The number of hydrogen-bond donors (Lipinski definition) is 0. The molecule has 0 aliphatic heterocycles. The highest BCUT2D eigenvalue weighted by Gasteiger charge is 2.14. The van der Waals surface area contributed by atoms with Crippen molar-refractivity contribution in [1.82, 2.24) is 9.38 Å². The molecule has 0 unspecified atom stereocenters. The van der Waals surface area contributed by atoms with Crippen LogP contribution in [0.2, 0.25) is 0 Å². The predicted octanol–water partition coefficient (Wildman–Crippen LogP) is 3.13. The molecule has 0 N–H and O–H groups in total. The van der Waals surface area contributed by atoms with Crippen LogP contribution in [0.3, 0.4) is 0 Å². The number of carbonyl (C=O) groups excluding carboxylic acids is 1. The van der Waals surface area contributed by atoms with Gasteiger partial charge in [0.15, 0.2) is 0 Å². The van der Waals surface area contributed by atoms with Crippen molar-refractivity contribution in [2.75, 3.05) is 0 Å². The molecule has 94 valence electrons. The second kappa shape index (κ2) is 4.69. The number of aromatic nitrogens is 2. The van der Waals surface area contributed by atoms with Gasteiger partial charge < -0.3 is 4.40 Å². The fourth-order valence-corrected chi connectivity index (χ4v) is 2.30. The van der Waals surface area contributed by atoms with Gasteiger partial charge >= 0.3 is 0 Å². The minimum absolute atomic E-state index is 0.0360. The van der Waals surface area contributed by atoms with Crippen molar-refractivity contribution in [3.63, 3.8) is 0 Å². The fraction of sp³-hybridized carbons (Fsp3) is 0.125. The molecule has 0 bridgehead atoms. The second-order valence-electron chi connectivity index (χ2n) is 4.40. The van der Waals surface area contributed by atoms with Gasteiger partial charge in [0.2, 0.25) is 5.78 Å². The monoisotopic (exact) mass is 250 g/mol. The van der Waals surface area contributed by atoms with Crippen LogP contribution >= 0.6 is 0 Å². The summed E-state index contributed by atoms with van der Waals surface area (Å²) in [7, 11) is 0. The minimum atomic E-state index is 0.0360. The van der Waals surface area contributed by atoms with Crippen LogP contribution in [0.4, 0.5) is 0 Å². The number of carbonyl (C=O) groups is 1. The van der Waals surface area contributed by atoms with Gasteiger partial charge in [-0.25, -0.2) is 0 Å². The van der Waals surface area contributed by atoms with E-state index in [1.165, 1.54) is 0 Å². The second-order valence-corrected chi connectivity index (χ2v) is 4.40. The molecule has 3 rings (SSSR count). The lowest BCUT2D eigenvalue weighted by Gasteiger charge is -2.04. The number of rotatable bonds is 3. The summed E-state index contributed by atoms with van der Waals surface area (Å²) in [5.74, 6) is 0.0360. The number of hydrogen-bond acceptors (Lipinski definition) is 2. The Bertz CT molecular complexity index is 729. The normalized spacial score (nSPS) is 10.8. The van der Waals surface area contributed by atoms with Crippen molar-refractivity contribution >= 4 is 11.3 Å². The maximum Gasteiger partial charge on any atom is 0.209 e. The number of fused-ring (bicyclic) bond motifs is 1. The van der Waals surface area contributed by atoms with Crippen molar-refractivity contribution in [3.05, 3.63) is 71.8 Å². The van der Waals surface area contributed by atoms with Gasteiger partial charge in [0, 0.05) is 18.0 Å². The van der Waals surface area contributed by atoms with Crippen LogP contribution in [-0.2, 0) is 6.42 Å². The standard InChI is InChI=1S/C16H14N2O/c1-2-13-14-8-9-15(18(14)11-10-17-13)16(19)12-6-4-3-5-7-12/h3-11H,2H2,1H3. The summed E-state index contributed by atoms with van der Waals surface area (Å²) in [6.45, 7) is 2.06. The van der Waals surface area contributed by atoms with E-state index < -0.39 is 0 Å². The highest BCUT2D eigenvalue weighted by atomic mass is 16.1. The number of ketones is 1. The summed E-state index contributed by atoms with van der Waals surface area (Å²) < 4.78 is 1.92. The molecule has 0 spiro atoms. The smallest absolute Gasteiger partial charge is 0.209 e. The maximum atomic E-state index is 12.5. The highest BCUT2D eigenvalue weighted by Crippen LogP contribution is 2.17. The Morgan fingerprint density at radius 2 is 1.95 bits per heavy atom. The molecule has 3 nitrogen and oxygen atoms in total. The van der Waals surface area contributed by atoms with Gasteiger partial charge in [0.05, 0.1) is 16.9 Å². The van der Waals surface area contributed by atoms with Gasteiger partial charge in [-0.05, 0) is 18.6 Å². The van der Waals surface area contributed by atoms with Gasteiger partial charge in [-0.1, -0.05) is 37.3 Å². The van der Waals surface area contributed by atoms with Crippen molar-refractivity contribution in [2.24, 2.45) is 0 Å². The maximum absolute atomic E-state index is 12.5. The lowest BCUT2D eigenvalue weighted by atomic mass is 10.1. The molecule has 19 heavy (non-hydrogen) atoms. The van der Waals surface area contributed by atoms with Crippen LogP contribution < -0.4 is 0 Å². The molecule has 0 radical (unpaired) electrons. The summed E-state index contributed by atoms with van der Waals surface area (Å²) in [6, 6.07) is 13.2. The molecule has 3 heteroatoms. The Labute approximate surface area is 111 Å². The molecular weight excluding hydrogens is 236 g/mol. The largest absolute Gasteiger partial charge is 0.310 e. The van der Waals surface area contributed by atoms with Crippen molar-refractivity contribution in [1.29, 1.82) is 0 Å². The zero-order chi connectivity index (χ0) is 13.2. The zero-order valence-electron chi connectivity index (χ0n) is 10.7. The Kier molecular flexibility index (Phi) is 2.88. The first-order chi connectivity index (χ1) is 9.31. The molecule has 0 atom stereocenters. The van der Waals surface area contributed by atoms with E-state index in [0.717, 1.165) is 17.6 Å². The summed E-state index contributed by atoms with van der Waals surface area (Å²) in [4.78, 5) is 16.8. The lowest BCUT2D eigenvalue weighted by molar-refractivity contribution is 0.103. The first kappa shape index (κ1) is 11.7. The minimum Gasteiger partial charge on any atom is -0.310 e. The van der Waals surface area contributed by atoms with E-state index in [0.29, 0.717) is 11.3 Å². The van der Waals surface area contributed by atoms with Gasteiger partial charge in [0.1, 0.15) is 0 Å². The third-order valence-corrected chi connectivity index (χ3v) is 3.26. The zero-order valence-corrected chi connectivity index (χ0v) is 10.7. The first-order valence-corrected chi connectivity index (χ1v) is 6.36. The van der Waals surface area contributed by atoms with E-state index in [2.05, 4.69) is 11.9 Å². The van der Waals surface area contributed by atoms with E-state index in [4.69, 9.17) is 0 Å². The molecular formula is C16H14N2O. The van der Waals surface area contributed by atoms with E-state index in [1.54, 1.807) is 6.20 Å². The van der Waals surface area contributed by atoms with E-state index in [1.807, 2.05) is 53.1 Å². The summed E-state index contributed by atoms with van der Waals surface area (Å²) in [5, 5.41) is 0. The van der Waals surface area contributed by atoms with Crippen LogP contribution in [0, 0.1) is 0 Å². The van der Waals surface area contributed by atoms with E-state index in [-0.39, 0.29) is 5.78 Å². The Balaban J connectivity index is 2.14. The molecule has 0 aliphatic rings. The van der Waals surface area contributed by atoms with Crippen LogP contribution in [0.1, 0.15) is 28.7 Å². The number of nitrogens with zero attached hydrogens (tertiary/aromatic N) is 2. The van der Waals surface area contributed by atoms with Crippen LogP contribution in [0.5, 0.6) is 0 Å². The molecule has 0 aliphatic carbocycles. The molecule has 0 saturated carbocycles. The van der Waals surface area contributed by atoms with Crippen molar-refractivity contribution in [2.45, 2.75) is 13.3 Å². The third-order valence-electron chi connectivity index (χ3n) is 3.26. The Morgan fingerprint density at radius 1 is 1.16 bits per heavy atom. The predicted molar refractivity (Wildman–Crippen MR) is 74.4 cm³/mol. The van der Waals surface area contributed by atoms with Gasteiger partial charge in [-0.15, -0.1) is 0 Å². The molecule has 0 fully saturated rings. The molecule has 1 aromatic carbocycles. The summed E-state index contributed by atoms with van der Waals surface area (Å²) in [5.41, 5.74) is 3.40. The average Bonchev–Trinajstić information content (AvgIpc) is 2.91. The van der Waals surface area contributed by atoms with Crippen LogP contribution in [0.15, 0.2) is 54.9 Å². The topological polar surface area (TPSA) is 34.4 Å². The van der Waals surface area contributed by atoms with Gasteiger partial charge in [0.25, 0.3) is 0 Å². The van der Waals surface area contributed by atoms with Crippen LogP contribution in [0.25, 0.3) is 5.52 Å². The highest BCUT2D eigenvalue weighted by molar-refractivity contribution is 6.08. The van der Waals surface area contributed by atoms with Crippen LogP contribution in [-0.4, -0.2) is 15.2 Å². The number of aryl methyl sites for hydroxylation is 1. The Hall–Kier alpha value is -2.42. The van der Waals surface area contributed by atoms with E-state index in [9.17, 15) is 4.79 Å². The lowest BCUT2D eigenvalue weighted by Crippen LogP contribution is -2.05. The van der Waals surface area contributed by atoms with Crippen molar-refractivity contribution in [3.8, 4) is 0 Å². The van der Waals surface area contributed by atoms with Gasteiger partial charge in [-0.2, -0.15) is 0 Å². The SMILES string of the molecule is CCc1nccn2c(C(=O)c3ccccc3)ccc12. The third kappa shape index (κ3) is 1.93. The summed E-state index contributed by atoms with van der Waals surface area (Å²) in [6.07, 6.45) is 4.44. The molecule has 0 amide bonds. The van der Waals surface area contributed by atoms with E-state index >= 15 is 0 Å². The quantitative estimate of drug-likeness (QED) is 0.669. The van der Waals surface area contributed by atoms with Crippen molar-refractivity contribution < 1.29 is 4.79 Å². The first-order valence-electron chi connectivity index (χ1n) is 6.36. The molecule has 0 saturated heterocycles. The van der Waals surface area contributed by atoms with Gasteiger partial charge in [-0.3, -0.25) is 9.78 Å². The molecule has 2 heterocycles. The fourth-order valence-electron chi connectivity index (χ4n) is 2.30. The Morgan fingerprint density at radius 3 is 2.68 bits per heavy atom.